The van der Waals surface area contributed by atoms with Crippen LogP contribution in [0.1, 0.15) is 11.1 Å². The van der Waals surface area contributed by atoms with Gasteiger partial charge >= 0.3 is 6.03 Å². The first-order valence-corrected chi connectivity index (χ1v) is 8.83. The third-order valence-electron chi connectivity index (χ3n) is 4.58. The lowest BCUT2D eigenvalue weighted by Gasteiger charge is -2.19. The van der Waals surface area contributed by atoms with E-state index in [-0.39, 0.29) is 6.03 Å². The number of fused-ring (bicyclic) bond motifs is 1. The highest BCUT2D eigenvalue weighted by Crippen LogP contribution is 2.31. The Kier molecular flexibility index (Phi) is 4.56. The number of nitrogens with one attached hydrogen (secondary N) is 2. The van der Waals surface area contributed by atoms with Crippen LogP contribution in [-0.2, 0) is 13.0 Å². The van der Waals surface area contributed by atoms with E-state index in [0.717, 1.165) is 30.9 Å². The Morgan fingerprint density at radius 3 is 2.31 bits per heavy atom. The molecule has 0 saturated heterocycles. The van der Waals surface area contributed by atoms with Crippen molar-refractivity contribution in [2.24, 2.45) is 0 Å². The van der Waals surface area contributed by atoms with Crippen molar-refractivity contribution in [1.29, 1.82) is 0 Å². The van der Waals surface area contributed by atoms with E-state index in [9.17, 15) is 4.79 Å². The quantitative estimate of drug-likeness (QED) is 0.708. The van der Waals surface area contributed by atoms with Crippen molar-refractivity contribution in [3.05, 3.63) is 90.0 Å². The highest BCUT2D eigenvalue weighted by Gasteiger charge is 2.19. The number of carbonyl (C=O) groups excluding carboxylic acids is 1. The van der Waals surface area contributed by atoms with Crippen LogP contribution in [0.2, 0.25) is 0 Å². The molecule has 2 amide bonds. The first-order valence-electron chi connectivity index (χ1n) is 8.83. The fourth-order valence-corrected chi connectivity index (χ4v) is 3.33. The van der Waals surface area contributed by atoms with E-state index in [1.165, 1.54) is 16.8 Å². The molecule has 0 spiro atoms. The molecule has 1 aliphatic rings. The number of amides is 2. The summed E-state index contributed by atoms with van der Waals surface area (Å²) in [5, 5.41) is 5.76. The number of nitrogens with zero attached hydrogens (tertiary/aromatic N) is 1. The Morgan fingerprint density at radius 2 is 1.54 bits per heavy atom. The zero-order chi connectivity index (χ0) is 17.8. The zero-order valence-electron chi connectivity index (χ0n) is 14.5. The summed E-state index contributed by atoms with van der Waals surface area (Å²) in [4.78, 5) is 14.5. The van der Waals surface area contributed by atoms with Gasteiger partial charge in [0.05, 0.1) is 0 Å². The minimum absolute atomic E-state index is 0.227. The number of anilines is 3. The smallest absolute Gasteiger partial charge is 0.323 e. The van der Waals surface area contributed by atoms with E-state index >= 15 is 0 Å². The van der Waals surface area contributed by atoms with Crippen molar-refractivity contribution in [3.8, 4) is 0 Å². The van der Waals surface area contributed by atoms with Gasteiger partial charge in [-0.2, -0.15) is 0 Å². The fourth-order valence-electron chi connectivity index (χ4n) is 3.33. The van der Waals surface area contributed by atoms with Gasteiger partial charge in [-0.3, -0.25) is 0 Å². The van der Waals surface area contributed by atoms with Crippen molar-refractivity contribution in [2.75, 3.05) is 22.1 Å². The number of rotatable bonds is 4. The number of hydrogen-bond acceptors (Lipinski definition) is 2. The molecule has 0 unspecified atom stereocenters. The first-order chi connectivity index (χ1) is 12.8. The maximum Gasteiger partial charge on any atom is 0.323 e. The van der Waals surface area contributed by atoms with Gasteiger partial charge in [0, 0.05) is 30.2 Å². The number of hydrogen-bond donors (Lipinski definition) is 2. The second-order valence-corrected chi connectivity index (χ2v) is 6.45. The molecule has 0 bridgehead atoms. The maximum atomic E-state index is 12.2. The van der Waals surface area contributed by atoms with Crippen LogP contribution >= 0.6 is 0 Å². The van der Waals surface area contributed by atoms with Crippen LogP contribution in [0, 0.1) is 0 Å². The van der Waals surface area contributed by atoms with Crippen molar-refractivity contribution >= 4 is 23.1 Å². The molecule has 0 saturated carbocycles. The van der Waals surface area contributed by atoms with Gasteiger partial charge in [-0.1, -0.05) is 48.5 Å². The Balaban J connectivity index is 1.42. The van der Waals surface area contributed by atoms with Crippen molar-refractivity contribution in [1.82, 2.24) is 0 Å². The maximum absolute atomic E-state index is 12.2. The lowest BCUT2D eigenvalue weighted by Crippen LogP contribution is -2.20. The molecule has 0 atom stereocenters. The van der Waals surface area contributed by atoms with Crippen LogP contribution in [0.25, 0.3) is 0 Å². The second kappa shape index (κ2) is 7.31. The van der Waals surface area contributed by atoms with Crippen LogP contribution in [-0.4, -0.2) is 12.6 Å². The summed E-state index contributed by atoms with van der Waals surface area (Å²) in [6, 6.07) is 25.9. The molecule has 0 aliphatic carbocycles. The molecule has 0 fully saturated rings. The number of carbonyl (C=O) groups is 1. The van der Waals surface area contributed by atoms with Gasteiger partial charge in [-0.25, -0.2) is 4.79 Å². The van der Waals surface area contributed by atoms with Gasteiger partial charge < -0.3 is 15.5 Å². The Morgan fingerprint density at radius 1 is 0.846 bits per heavy atom. The van der Waals surface area contributed by atoms with Gasteiger partial charge in [0.15, 0.2) is 0 Å². The number of para-hydroxylation sites is 1. The van der Waals surface area contributed by atoms with Gasteiger partial charge in [0.1, 0.15) is 0 Å². The molecular weight excluding hydrogens is 322 g/mol. The largest absolute Gasteiger partial charge is 0.367 e. The van der Waals surface area contributed by atoms with E-state index in [0.29, 0.717) is 0 Å². The summed E-state index contributed by atoms with van der Waals surface area (Å²) in [5.41, 5.74) is 5.44. The predicted molar refractivity (Wildman–Crippen MR) is 107 cm³/mol. The molecule has 0 aromatic heterocycles. The molecule has 130 valence electrons. The van der Waals surface area contributed by atoms with Crippen LogP contribution in [0.3, 0.4) is 0 Å². The minimum atomic E-state index is -0.227. The van der Waals surface area contributed by atoms with Gasteiger partial charge in [0.25, 0.3) is 0 Å². The zero-order valence-corrected chi connectivity index (χ0v) is 14.5. The van der Waals surface area contributed by atoms with Gasteiger partial charge in [-0.15, -0.1) is 0 Å². The molecule has 3 aromatic carbocycles. The summed E-state index contributed by atoms with van der Waals surface area (Å²) in [6.45, 7) is 1.92. The van der Waals surface area contributed by atoms with Crippen molar-refractivity contribution in [2.45, 2.75) is 13.0 Å². The minimum Gasteiger partial charge on any atom is -0.367 e. The number of urea groups is 1. The molecule has 3 aromatic rings. The molecule has 4 rings (SSSR count). The van der Waals surface area contributed by atoms with E-state index < -0.39 is 0 Å². The standard InChI is InChI=1S/C22H21N3O/c26-22(23-19-9-5-2-6-10-19)24-20-11-12-21-18(15-20)13-14-25(21)16-17-7-3-1-4-8-17/h1-12,15H,13-14,16H2,(H2,23,24,26). The highest BCUT2D eigenvalue weighted by molar-refractivity contribution is 5.99. The average molecular weight is 343 g/mol. The average Bonchev–Trinajstić information content (AvgIpc) is 3.05. The highest BCUT2D eigenvalue weighted by atomic mass is 16.2. The van der Waals surface area contributed by atoms with Crippen LogP contribution in [0.4, 0.5) is 21.9 Å². The molecule has 1 heterocycles. The summed E-state index contributed by atoms with van der Waals surface area (Å²) in [5.74, 6) is 0. The van der Waals surface area contributed by atoms with E-state index in [4.69, 9.17) is 0 Å². The first kappa shape index (κ1) is 16.2. The lowest BCUT2D eigenvalue weighted by molar-refractivity contribution is 0.262. The van der Waals surface area contributed by atoms with Gasteiger partial charge in [-0.05, 0) is 47.9 Å². The normalized spacial score (nSPS) is 12.5. The van der Waals surface area contributed by atoms with E-state index in [1.54, 1.807) is 0 Å². The molecule has 1 aliphatic heterocycles. The molecule has 4 heteroatoms. The van der Waals surface area contributed by atoms with Crippen molar-refractivity contribution in [3.63, 3.8) is 0 Å². The molecular formula is C22H21N3O. The van der Waals surface area contributed by atoms with Crippen molar-refractivity contribution < 1.29 is 4.79 Å². The molecule has 2 N–H and O–H groups in total. The fraction of sp³-hybridized carbons (Fsp3) is 0.136. The van der Waals surface area contributed by atoms with E-state index in [1.807, 2.05) is 42.5 Å². The van der Waals surface area contributed by atoms with Crippen LogP contribution < -0.4 is 15.5 Å². The monoisotopic (exact) mass is 343 g/mol. The molecule has 4 nitrogen and oxygen atoms in total. The summed E-state index contributed by atoms with van der Waals surface area (Å²) < 4.78 is 0. The van der Waals surface area contributed by atoms with Crippen LogP contribution in [0.15, 0.2) is 78.9 Å². The SMILES string of the molecule is O=C(Nc1ccccc1)Nc1ccc2c(c1)CCN2Cc1ccccc1. The third kappa shape index (κ3) is 3.70. The molecule has 0 radical (unpaired) electrons. The summed E-state index contributed by atoms with van der Waals surface area (Å²) in [6.07, 6.45) is 0.998. The Labute approximate surface area is 153 Å². The predicted octanol–water partition coefficient (Wildman–Crippen LogP) is 4.89. The van der Waals surface area contributed by atoms with Gasteiger partial charge in [0.2, 0.25) is 0 Å². The third-order valence-corrected chi connectivity index (χ3v) is 4.58. The van der Waals surface area contributed by atoms with Crippen LogP contribution in [0.5, 0.6) is 0 Å². The molecule has 26 heavy (non-hydrogen) atoms. The second-order valence-electron chi connectivity index (χ2n) is 6.45. The van der Waals surface area contributed by atoms with E-state index in [2.05, 4.69) is 51.9 Å². The summed E-state index contributed by atoms with van der Waals surface area (Å²) in [7, 11) is 0. The number of benzene rings is 3. The topological polar surface area (TPSA) is 44.4 Å². The Bertz CT molecular complexity index is 894. The summed E-state index contributed by atoms with van der Waals surface area (Å²) >= 11 is 0. The Hall–Kier alpha value is -3.27. The lowest BCUT2D eigenvalue weighted by atomic mass is 10.1.